The number of hydrogen-bond donors (Lipinski definition) is 2. The topological polar surface area (TPSA) is 84.5 Å². The summed E-state index contributed by atoms with van der Waals surface area (Å²) in [6, 6.07) is 5.03. The lowest BCUT2D eigenvalue weighted by atomic mass is 10.0. The van der Waals surface area contributed by atoms with Crippen LogP contribution >= 0.6 is 0 Å². The zero-order valence-corrected chi connectivity index (χ0v) is 16.2. The Hall–Kier alpha value is -2.43. The molecule has 2 aromatic carbocycles. The van der Waals surface area contributed by atoms with Crippen molar-refractivity contribution in [3.05, 3.63) is 59.4 Å². The minimum atomic E-state index is -4.02. The van der Waals surface area contributed by atoms with Gasteiger partial charge in [-0.05, 0) is 43.7 Å². The number of anilines is 1. The number of sulfonamides is 1. The summed E-state index contributed by atoms with van der Waals surface area (Å²) < 4.78 is 73.4. The van der Waals surface area contributed by atoms with Gasteiger partial charge in [0.2, 0.25) is 10.0 Å². The Bertz CT molecular complexity index is 1020. The van der Waals surface area contributed by atoms with Crippen LogP contribution in [0.25, 0.3) is 0 Å². The van der Waals surface area contributed by atoms with Gasteiger partial charge >= 0.3 is 0 Å². The number of hydrogen-bond acceptors (Lipinski definition) is 4. The van der Waals surface area contributed by atoms with Crippen molar-refractivity contribution < 1.29 is 31.1 Å². The van der Waals surface area contributed by atoms with Gasteiger partial charge in [0.25, 0.3) is 5.91 Å². The van der Waals surface area contributed by atoms with Crippen LogP contribution in [0.3, 0.4) is 0 Å². The van der Waals surface area contributed by atoms with Crippen molar-refractivity contribution in [3.63, 3.8) is 0 Å². The molecule has 0 aliphatic carbocycles. The Kier molecular flexibility index (Phi) is 6.25. The first-order valence-corrected chi connectivity index (χ1v) is 10.3. The SMILES string of the molecule is CC(NS(=O)(=O)c1ccc(F)c(C(=O)Nc2ccc(F)c(F)c2)c1)C1CCOC1. The summed E-state index contributed by atoms with van der Waals surface area (Å²) in [5.74, 6) is -4.23. The molecule has 0 bridgehead atoms. The molecule has 2 unspecified atom stereocenters. The molecule has 29 heavy (non-hydrogen) atoms. The molecule has 3 rings (SSSR count). The minimum absolute atomic E-state index is 0.0152. The molecule has 2 aromatic rings. The Morgan fingerprint density at radius 3 is 2.48 bits per heavy atom. The Labute approximate surface area is 166 Å². The third kappa shape index (κ3) is 4.95. The average molecular weight is 428 g/mol. The van der Waals surface area contributed by atoms with Crippen LogP contribution in [0.4, 0.5) is 18.9 Å². The van der Waals surface area contributed by atoms with Crippen molar-refractivity contribution >= 4 is 21.6 Å². The number of carbonyl (C=O) groups excluding carboxylic acids is 1. The van der Waals surface area contributed by atoms with E-state index in [1.54, 1.807) is 6.92 Å². The molecule has 1 fully saturated rings. The standard InChI is InChI=1S/C19H19F3N2O4S/c1-11(12-6-7-28-10-12)24-29(26,27)14-3-5-16(20)15(9-14)19(25)23-13-2-4-17(21)18(22)8-13/h2-5,8-9,11-12,24H,6-7,10H2,1H3,(H,23,25). The average Bonchev–Trinajstić information content (AvgIpc) is 3.19. The van der Waals surface area contributed by atoms with Gasteiger partial charge in [-0.1, -0.05) is 0 Å². The largest absolute Gasteiger partial charge is 0.381 e. The molecule has 1 aliphatic rings. The Balaban J connectivity index is 1.81. The van der Waals surface area contributed by atoms with Gasteiger partial charge in [-0.25, -0.2) is 26.3 Å². The normalized spacial score (nSPS) is 17.9. The van der Waals surface area contributed by atoms with Crippen LogP contribution in [0.1, 0.15) is 23.7 Å². The minimum Gasteiger partial charge on any atom is -0.381 e. The van der Waals surface area contributed by atoms with Gasteiger partial charge in [-0.15, -0.1) is 0 Å². The van der Waals surface area contributed by atoms with E-state index in [2.05, 4.69) is 10.0 Å². The first-order chi connectivity index (χ1) is 13.7. The van der Waals surface area contributed by atoms with Crippen LogP contribution < -0.4 is 10.0 Å². The van der Waals surface area contributed by atoms with E-state index < -0.39 is 45.0 Å². The maximum atomic E-state index is 14.1. The second-order valence-electron chi connectivity index (χ2n) is 6.76. The van der Waals surface area contributed by atoms with Crippen LogP contribution in [0.15, 0.2) is 41.3 Å². The Morgan fingerprint density at radius 2 is 1.83 bits per heavy atom. The van der Waals surface area contributed by atoms with Crippen molar-refractivity contribution in [1.82, 2.24) is 4.72 Å². The van der Waals surface area contributed by atoms with Crippen molar-refractivity contribution in [3.8, 4) is 0 Å². The number of benzene rings is 2. The molecule has 0 aromatic heterocycles. The molecular weight excluding hydrogens is 409 g/mol. The highest BCUT2D eigenvalue weighted by molar-refractivity contribution is 7.89. The molecule has 156 valence electrons. The second-order valence-corrected chi connectivity index (χ2v) is 8.47. The van der Waals surface area contributed by atoms with Gasteiger partial charge < -0.3 is 10.1 Å². The summed E-state index contributed by atoms with van der Waals surface area (Å²) >= 11 is 0. The molecule has 6 nitrogen and oxygen atoms in total. The summed E-state index contributed by atoms with van der Waals surface area (Å²) in [6.45, 7) is 2.70. The Morgan fingerprint density at radius 1 is 1.10 bits per heavy atom. The predicted octanol–water partition coefficient (Wildman–Crippen LogP) is 3.06. The highest BCUT2D eigenvalue weighted by Crippen LogP contribution is 2.21. The summed E-state index contributed by atoms with van der Waals surface area (Å²) in [5, 5.41) is 2.21. The lowest BCUT2D eigenvalue weighted by Crippen LogP contribution is -2.38. The number of amides is 1. The molecule has 0 radical (unpaired) electrons. The number of halogens is 3. The third-order valence-electron chi connectivity index (χ3n) is 4.68. The molecule has 2 atom stereocenters. The van der Waals surface area contributed by atoms with Crippen LogP contribution in [-0.2, 0) is 14.8 Å². The number of rotatable bonds is 6. The lowest BCUT2D eigenvalue weighted by molar-refractivity contribution is 0.102. The van der Waals surface area contributed by atoms with Crippen LogP contribution in [0.5, 0.6) is 0 Å². The molecule has 1 saturated heterocycles. The molecule has 0 spiro atoms. The summed E-state index contributed by atoms with van der Waals surface area (Å²) in [6.07, 6.45) is 0.717. The van der Waals surface area contributed by atoms with Crippen molar-refractivity contribution in [1.29, 1.82) is 0 Å². The van der Waals surface area contributed by atoms with E-state index >= 15 is 0 Å². The number of carbonyl (C=O) groups is 1. The second kappa shape index (κ2) is 8.52. The van der Waals surface area contributed by atoms with Gasteiger partial charge in [0.1, 0.15) is 5.82 Å². The van der Waals surface area contributed by atoms with E-state index in [9.17, 15) is 26.4 Å². The van der Waals surface area contributed by atoms with Crippen molar-refractivity contribution in [2.45, 2.75) is 24.3 Å². The highest BCUT2D eigenvalue weighted by Gasteiger charge is 2.27. The highest BCUT2D eigenvalue weighted by atomic mass is 32.2. The summed E-state index contributed by atoms with van der Waals surface area (Å²) in [4.78, 5) is 12.1. The van der Waals surface area contributed by atoms with E-state index in [1.165, 1.54) is 0 Å². The van der Waals surface area contributed by atoms with E-state index in [1.807, 2.05) is 0 Å². The molecular formula is C19H19F3N2O4S. The lowest BCUT2D eigenvalue weighted by Gasteiger charge is -2.19. The zero-order valence-electron chi connectivity index (χ0n) is 15.4. The van der Waals surface area contributed by atoms with Gasteiger partial charge in [0.15, 0.2) is 11.6 Å². The maximum absolute atomic E-state index is 14.1. The van der Waals surface area contributed by atoms with E-state index in [0.717, 1.165) is 42.8 Å². The monoisotopic (exact) mass is 428 g/mol. The molecule has 1 amide bonds. The van der Waals surface area contributed by atoms with Crippen LogP contribution in [0, 0.1) is 23.4 Å². The predicted molar refractivity (Wildman–Crippen MR) is 99.4 cm³/mol. The number of ether oxygens (including phenoxy) is 1. The van der Waals surface area contributed by atoms with E-state index in [0.29, 0.717) is 13.2 Å². The molecule has 0 saturated carbocycles. The molecule has 2 N–H and O–H groups in total. The van der Waals surface area contributed by atoms with Gasteiger partial charge in [0.05, 0.1) is 17.1 Å². The van der Waals surface area contributed by atoms with E-state index in [-0.39, 0.29) is 16.5 Å². The van der Waals surface area contributed by atoms with Gasteiger partial charge in [-0.3, -0.25) is 4.79 Å². The summed E-state index contributed by atoms with van der Waals surface area (Å²) in [5.41, 5.74) is -0.649. The van der Waals surface area contributed by atoms with Gasteiger partial charge in [0, 0.05) is 30.3 Å². The smallest absolute Gasteiger partial charge is 0.258 e. The summed E-state index contributed by atoms with van der Waals surface area (Å²) in [7, 11) is -4.02. The molecule has 1 heterocycles. The number of nitrogens with one attached hydrogen (secondary N) is 2. The van der Waals surface area contributed by atoms with Crippen LogP contribution in [-0.4, -0.2) is 33.6 Å². The first-order valence-electron chi connectivity index (χ1n) is 8.83. The maximum Gasteiger partial charge on any atom is 0.258 e. The van der Waals surface area contributed by atoms with Crippen molar-refractivity contribution in [2.75, 3.05) is 18.5 Å². The third-order valence-corrected chi connectivity index (χ3v) is 6.24. The van der Waals surface area contributed by atoms with Gasteiger partial charge in [-0.2, -0.15) is 0 Å². The fraction of sp³-hybridized carbons (Fsp3) is 0.316. The van der Waals surface area contributed by atoms with E-state index in [4.69, 9.17) is 4.74 Å². The quantitative estimate of drug-likeness (QED) is 0.741. The molecule has 10 heteroatoms. The fourth-order valence-corrected chi connectivity index (χ4v) is 4.31. The molecule has 1 aliphatic heterocycles. The van der Waals surface area contributed by atoms with Crippen LogP contribution in [0.2, 0.25) is 0 Å². The first kappa shape index (κ1) is 21.3. The fourth-order valence-electron chi connectivity index (χ4n) is 2.97. The van der Waals surface area contributed by atoms with Crippen molar-refractivity contribution in [2.24, 2.45) is 5.92 Å². The zero-order chi connectivity index (χ0) is 21.2.